The van der Waals surface area contributed by atoms with Crippen LogP contribution in [0, 0.1) is 10.1 Å². The van der Waals surface area contributed by atoms with E-state index in [1.54, 1.807) is 0 Å². The predicted molar refractivity (Wildman–Crippen MR) is 82.7 cm³/mol. The van der Waals surface area contributed by atoms with Gasteiger partial charge < -0.3 is 5.32 Å². The van der Waals surface area contributed by atoms with Crippen LogP contribution in [0.5, 0.6) is 0 Å². The van der Waals surface area contributed by atoms with E-state index >= 15 is 0 Å². The molecule has 10 heteroatoms. The Morgan fingerprint density at radius 3 is 2.65 bits per heavy atom. The lowest BCUT2D eigenvalue weighted by molar-refractivity contribution is -0.383. The van der Waals surface area contributed by atoms with Crippen molar-refractivity contribution in [3.63, 3.8) is 0 Å². The SMILES string of the molecule is C=CCNc1ncnc(NNC(=O)c2ccncc2)c1[N+](=O)[O-]. The Morgan fingerprint density at radius 2 is 2.00 bits per heavy atom. The van der Waals surface area contributed by atoms with E-state index in [1.165, 1.54) is 30.6 Å². The van der Waals surface area contributed by atoms with Gasteiger partial charge in [0, 0.05) is 24.5 Å². The van der Waals surface area contributed by atoms with Gasteiger partial charge in [-0.25, -0.2) is 9.97 Å². The van der Waals surface area contributed by atoms with Crippen molar-refractivity contribution in [1.29, 1.82) is 0 Å². The van der Waals surface area contributed by atoms with E-state index in [1.807, 2.05) is 0 Å². The predicted octanol–water partition coefficient (Wildman–Crippen LogP) is 1.13. The molecule has 0 saturated carbocycles. The molecule has 118 valence electrons. The Kier molecular flexibility index (Phi) is 5.12. The molecule has 0 saturated heterocycles. The summed E-state index contributed by atoms with van der Waals surface area (Å²) in [5, 5.41) is 14.0. The van der Waals surface area contributed by atoms with Gasteiger partial charge in [-0.05, 0) is 12.1 Å². The number of nitrogens with one attached hydrogen (secondary N) is 3. The molecule has 0 bridgehead atoms. The molecule has 0 atom stereocenters. The van der Waals surface area contributed by atoms with Crippen LogP contribution in [0.1, 0.15) is 10.4 Å². The molecule has 1 amide bonds. The molecule has 0 unspecified atom stereocenters. The molecule has 0 aliphatic rings. The molecule has 0 fully saturated rings. The van der Waals surface area contributed by atoms with Crippen LogP contribution in [-0.2, 0) is 0 Å². The van der Waals surface area contributed by atoms with E-state index < -0.39 is 10.8 Å². The number of carbonyl (C=O) groups excluding carboxylic acids is 1. The van der Waals surface area contributed by atoms with Gasteiger partial charge in [0.25, 0.3) is 5.91 Å². The van der Waals surface area contributed by atoms with Gasteiger partial charge in [0.15, 0.2) is 0 Å². The number of anilines is 2. The summed E-state index contributed by atoms with van der Waals surface area (Å²) < 4.78 is 0. The second kappa shape index (κ2) is 7.45. The van der Waals surface area contributed by atoms with Crippen LogP contribution in [0.4, 0.5) is 17.3 Å². The number of nitrogens with zero attached hydrogens (tertiary/aromatic N) is 4. The van der Waals surface area contributed by atoms with Gasteiger partial charge in [-0.1, -0.05) is 6.08 Å². The summed E-state index contributed by atoms with van der Waals surface area (Å²) in [5.74, 6) is -0.606. The molecular weight excluding hydrogens is 302 g/mol. The van der Waals surface area contributed by atoms with E-state index in [-0.39, 0.29) is 17.3 Å². The Bertz CT molecular complexity index is 721. The Hall–Kier alpha value is -3.56. The fraction of sp³-hybridized carbons (Fsp3) is 0.0769. The molecule has 2 aromatic rings. The average Bonchev–Trinajstić information content (AvgIpc) is 2.58. The topological polar surface area (TPSA) is 135 Å². The number of rotatable bonds is 7. The first-order chi connectivity index (χ1) is 11.1. The van der Waals surface area contributed by atoms with Crippen molar-refractivity contribution < 1.29 is 9.72 Å². The lowest BCUT2D eigenvalue weighted by Crippen LogP contribution is -2.30. The zero-order chi connectivity index (χ0) is 16.7. The van der Waals surface area contributed by atoms with Crippen LogP contribution in [0.3, 0.4) is 0 Å². The van der Waals surface area contributed by atoms with Crippen LogP contribution < -0.4 is 16.2 Å². The molecule has 2 heterocycles. The highest BCUT2D eigenvalue weighted by Crippen LogP contribution is 2.28. The third-order valence-electron chi connectivity index (χ3n) is 2.66. The second-order valence-corrected chi connectivity index (χ2v) is 4.16. The first kappa shape index (κ1) is 15.8. The van der Waals surface area contributed by atoms with Gasteiger partial charge in [0.2, 0.25) is 11.6 Å². The monoisotopic (exact) mass is 315 g/mol. The summed E-state index contributed by atoms with van der Waals surface area (Å²) in [5.41, 5.74) is 4.72. The Balaban J connectivity index is 2.17. The molecule has 10 nitrogen and oxygen atoms in total. The van der Waals surface area contributed by atoms with Gasteiger partial charge >= 0.3 is 5.69 Å². The molecule has 23 heavy (non-hydrogen) atoms. The number of pyridine rings is 1. The normalized spacial score (nSPS) is 9.74. The van der Waals surface area contributed by atoms with Gasteiger partial charge in [-0.15, -0.1) is 6.58 Å². The van der Waals surface area contributed by atoms with Crippen molar-refractivity contribution in [2.24, 2.45) is 0 Å². The molecule has 2 aromatic heterocycles. The molecule has 0 radical (unpaired) electrons. The van der Waals surface area contributed by atoms with Crippen molar-refractivity contribution >= 4 is 23.2 Å². The molecule has 3 N–H and O–H groups in total. The maximum Gasteiger partial charge on any atom is 0.354 e. The molecule has 0 aromatic carbocycles. The number of amides is 1. The van der Waals surface area contributed by atoms with E-state index in [4.69, 9.17) is 0 Å². The van der Waals surface area contributed by atoms with Crippen LogP contribution in [-0.4, -0.2) is 32.3 Å². The fourth-order valence-corrected chi connectivity index (χ4v) is 1.63. The zero-order valence-corrected chi connectivity index (χ0v) is 11.9. The van der Waals surface area contributed by atoms with Gasteiger partial charge in [-0.2, -0.15) is 0 Å². The highest BCUT2D eigenvalue weighted by Gasteiger charge is 2.23. The van der Waals surface area contributed by atoms with Crippen molar-refractivity contribution in [2.75, 3.05) is 17.3 Å². The first-order valence-electron chi connectivity index (χ1n) is 6.44. The smallest absolute Gasteiger partial charge is 0.354 e. The van der Waals surface area contributed by atoms with Crippen molar-refractivity contribution in [2.45, 2.75) is 0 Å². The highest BCUT2D eigenvalue weighted by molar-refractivity contribution is 5.94. The molecule has 0 aliphatic carbocycles. The number of carbonyl (C=O) groups is 1. The van der Waals surface area contributed by atoms with Gasteiger partial charge in [0.1, 0.15) is 6.33 Å². The molecule has 0 spiro atoms. The summed E-state index contributed by atoms with van der Waals surface area (Å²) in [4.78, 5) is 33.9. The highest BCUT2D eigenvalue weighted by atomic mass is 16.6. The fourth-order valence-electron chi connectivity index (χ4n) is 1.63. The second-order valence-electron chi connectivity index (χ2n) is 4.16. The standard InChI is InChI=1S/C13H13N7O3/c1-2-5-15-11-10(20(22)23)12(17-8-16-11)18-19-13(21)9-3-6-14-7-4-9/h2-4,6-8H,1,5H2,(H,19,21)(H2,15,16,17,18). The summed E-state index contributed by atoms with van der Waals surface area (Å²) in [6, 6.07) is 3.00. The number of hydrogen-bond donors (Lipinski definition) is 3. The lowest BCUT2D eigenvalue weighted by atomic mass is 10.3. The maximum atomic E-state index is 11.9. The molecule has 0 aliphatic heterocycles. The largest absolute Gasteiger partial charge is 0.361 e. The average molecular weight is 315 g/mol. The van der Waals surface area contributed by atoms with E-state index in [0.29, 0.717) is 12.1 Å². The summed E-state index contributed by atoms with van der Waals surface area (Å²) in [6.07, 6.45) is 5.59. The van der Waals surface area contributed by atoms with Crippen molar-refractivity contribution in [3.05, 3.63) is 59.2 Å². The summed E-state index contributed by atoms with van der Waals surface area (Å²) in [7, 11) is 0. The van der Waals surface area contributed by atoms with Crippen LogP contribution in [0.15, 0.2) is 43.5 Å². The van der Waals surface area contributed by atoms with E-state index in [0.717, 1.165) is 6.33 Å². The molecular formula is C13H13N7O3. The van der Waals surface area contributed by atoms with Crippen LogP contribution in [0.2, 0.25) is 0 Å². The number of nitro groups is 1. The van der Waals surface area contributed by atoms with E-state index in [9.17, 15) is 14.9 Å². The minimum Gasteiger partial charge on any atom is -0.361 e. The third-order valence-corrected chi connectivity index (χ3v) is 2.66. The summed E-state index contributed by atoms with van der Waals surface area (Å²) >= 11 is 0. The lowest BCUT2D eigenvalue weighted by Gasteiger charge is -2.10. The molecule has 2 rings (SSSR count). The van der Waals surface area contributed by atoms with Crippen molar-refractivity contribution in [3.8, 4) is 0 Å². The van der Waals surface area contributed by atoms with E-state index in [2.05, 4.69) is 37.7 Å². The van der Waals surface area contributed by atoms with Crippen molar-refractivity contribution in [1.82, 2.24) is 20.4 Å². The first-order valence-corrected chi connectivity index (χ1v) is 6.44. The Morgan fingerprint density at radius 1 is 1.30 bits per heavy atom. The number of hydrogen-bond acceptors (Lipinski definition) is 8. The number of aromatic nitrogens is 3. The van der Waals surface area contributed by atoms with Gasteiger partial charge in [-0.3, -0.25) is 30.7 Å². The van der Waals surface area contributed by atoms with Crippen LogP contribution in [0.25, 0.3) is 0 Å². The third kappa shape index (κ3) is 3.97. The van der Waals surface area contributed by atoms with Crippen LogP contribution >= 0.6 is 0 Å². The minimum absolute atomic E-state index is 0.0190. The van der Waals surface area contributed by atoms with Gasteiger partial charge in [0.05, 0.1) is 4.92 Å². The summed E-state index contributed by atoms with van der Waals surface area (Å²) in [6.45, 7) is 3.80. The quantitative estimate of drug-likeness (QED) is 0.393. The maximum absolute atomic E-state index is 11.9. The minimum atomic E-state index is -0.646. The number of hydrazine groups is 1. The zero-order valence-electron chi connectivity index (χ0n) is 11.9. The Labute approximate surface area is 130 Å².